The fraction of sp³-hybridized carbons (Fsp3) is 0.667. The molecule has 5 nitrogen and oxygen atoms in total. The number of ether oxygens (including phenoxy) is 1. The molecular formula is C24H37ClO5. The molecule has 0 aliphatic rings. The largest absolute Gasteiger partial charge is 0.507 e. The number of phenolic OH excluding ortho intramolecular Hbond substituents is 2. The Bertz CT molecular complexity index is 764. The number of rotatable bonds is 10. The van der Waals surface area contributed by atoms with E-state index in [-0.39, 0.29) is 33.8 Å². The van der Waals surface area contributed by atoms with Crippen LogP contribution in [0.15, 0.2) is 0 Å². The summed E-state index contributed by atoms with van der Waals surface area (Å²) in [5.41, 5.74) is 0.438. The Labute approximate surface area is 185 Å². The quantitative estimate of drug-likeness (QED) is 0.333. The van der Waals surface area contributed by atoms with E-state index in [0.29, 0.717) is 36.0 Å². The van der Waals surface area contributed by atoms with Gasteiger partial charge in [-0.3, -0.25) is 9.59 Å². The highest BCUT2D eigenvalue weighted by Gasteiger charge is 2.24. The topological polar surface area (TPSA) is 83.8 Å². The molecular weight excluding hydrogens is 404 g/mol. The highest BCUT2D eigenvalue weighted by molar-refractivity contribution is 6.33. The average Bonchev–Trinajstić information content (AvgIpc) is 2.63. The molecule has 1 aromatic carbocycles. The molecule has 170 valence electrons. The van der Waals surface area contributed by atoms with Crippen LogP contribution in [0.2, 0.25) is 5.02 Å². The van der Waals surface area contributed by atoms with Crippen LogP contribution in [0.5, 0.6) is 11.5 Å². The molecule has 0 saturated heterocycles. The molecule has 1 rings (SSSR count). The van der Waals surface area contributed by atoms with Crippen LogP contribution in [0.25, 0.3) is 0 Å². The Hall–Kier alpha value is -1.75. The molecule has 0 aliphatic carbocycles. The van der Waals surface area contributed by atoms with Gasteiger partial charge in [0.2, 0.25) is 0 Å². The molecule has 0 fully saturated rings. The summed E-state index contributed by atoms with van der Waals surface area (Å²) in [7, 11) is 0. The van der Waals surface area contributed by atoms with Gasteiger partial charge in [0.25, 0.3) is 0 Å². The van der Waals surface area contributed by atoms with Crippen molar-refractivity contribution in [2.45, 2.75) is 80.6 Å². The third-order valence-electron chi connectivity index (χ3n) is 5.47. The van der Waals surface area contributed by atoms with Gasteiger partial charge in [-0.05, 0) is 71.3 Å². The minimum atomic E-state index is -0.480. The zero-order valence-electron chi connectivity index (χ0n) is 19.4. The van der Waals surface area contributed by atoms with Crippen LogP contribution in [-0.2, 0) is 16.0 Å². The summed E-state index contributed by atoms with van der Waals surface area (Å²) in [5, 5.41) is 21.0. The van der Waals surface area contributed by atoms with Crippen molar-refractivity contribution >= 4 is 23.4 Å². The maximum Gasteiger partial charge on any atom is 0.311 e. The van der Waals surface area contributed by atoms with Gasteiger partial charge in [-0.25, -0.2) is 0 Å². The maximum atomic E-state index is 11.9. The van der Waals surface area contributed by atoms with Crippen LogP contribution in [-0.4, -0.2) is 28.6 Å². The number of aromatic hydroxyl groups is 2. The third-order valence-corrected chi connectivity index (χ3v) is 5.93. The van der Waals surface area contributed by atoms with Crippen molar-refractivity contribution in [1.29, 1.82) is 0 Å². The number of hydrogen-bond acceptors (Lipinski definition) is 5. The second-order valence-electron chi connectivity index (χ2n) is 9.57. The van der Waals surface area contributed by atoms with E-state index in [1.807, 2.05) is 20.8 Å². The lowest BCUT2D eigenvalue weighted by atomic mass is 9.91. The maximum absolute atomic E-state index is 11.9. The number of carbonyl (C=O) groups is 2. The molecule has 2 N–H and O–H groups in total. The first-order chi connectivity index (χ1) is 13.8. The zero-order chi connectivity index (χ0) is 23.2. The Morgan fingerprint density at radius 2 is 1.60 bits per heavy atom. The van der Waals surface area contributed by atoms with E-state index in [4.69, 9.17) is 16.3 Å². The lowest BCUT2D eigenvalue weighted by molar-refractivity contribution is -0.154. The Balaban J connectivity index is 2.55. The molecule has 6 heteroatoms. The van der Waals surface area contributed by atoms with Crippen LogP contribution in [0.1, 0.15) is 88.7 Å². The van der Waals surface area contributed by atoms with Crippen molar-refractivity contribution < 1.29 is 24.5 Å². The number of ketones is 1. The van der Waals surface area contributed by atoms with Gasteiger partial charge in [0.1, 0.15) is 11.5 Å². The van der Waals surface area contributed by atoms with Gasteiger partial charge in [0, 0.05) is 5.56 Å². The molecule has 0 heterocycles. The first-order valence-electron chi connectivity index (χ1n) is 10.7. The van der Waals surface area contributed by atoms with Gasteiger partial charge in [-0.15, -0.1) is 0 Å². The predicted molar refractivity (Wildman–Crippen MR) is 120 cm³/mol. The van der Waals surface area contributed by atoms with Crippen LogP contribution >= 0.6 is 11.6 Å². The molecule has 2 atom stereocenters. The SMILES string of the molecule is CC(=O)c1c(C)c(Cl)c(O)c(CCC(C)CCCC(C)COC(=O)C(C)(C)C)c1O. The molecule has 0 saturated carbocycles. The molecule has 0 aromatic heterocycles. The fourth-order valence-corrected chi connectivity index (χ4v) is 3.60. The number of hydrogen-bond donors (Lipinski definition) is 2. The fourth-order valence-electron chi connectivity index (χ4n) is 3.40. The second kappa shape index (κ2) is 11.0. The average molecular weight is 441 g/mol. The van der Waals surface area contributed by atoms with Crippen LogP contribution in [0.3, 0.4) is 0 Å². The summed E-state index contributed by atoms with van der Waals surface area (Å²) in [4.78, 5) is 23.7. The first kappa shape index (κ1) is 26.3. The normalized spacial score (nSPS) is 13.7. The number of benzene rings is 1. The van der Waals surface area contributed by atoms with E-state index in [1.54, 1.807) is 6.92 Å². The van der Waals surface area contributed by atoms with E-state index in [9.17, 15) is 19.8 Å². The molecule has 1 aromatic rings. The van der Waals surface area contributed by atoms with Crippen molar-refractivity contribution in [3.05, 3.63) is 21.7 Å². The summed E-state index contributed by atoms with van der Waals surface area (Å²) < 4.78 is 5.37. The summed E-state index contributed by atoms with van der Waals surface area (Å²) >= 11 is 6.17. The standard InChI is InChI=1S/C24H37ClO5/c1-14(9-8-10-15(2)13-30-23(29)24(5,6)7)11-12-18-21(27)19(17(4)26)16(3)20(25)22(18)28/h14-15,27-28H,8-13H2,1-7H3. The summed E-state index contributed by atoms with van der Waals surface area (Å²) in [5.74, 6) is -0.0903. The highest BCUT2D eigenvalue weighted by atomic mass is 35.5. The zero-order valence-corrected chi connectivity index (χ0v) is 20.2. The number of phenols is 2. The van der Waals surface area contributed by atoms with Crippen LogP contribution < -0.4 is 0 Å². The van der Waals surface area contributed by atoms with Gasteiger partial charge >= 0.3 is 5.97 Å². The van der Waals surface area contributed by atoms with E-state index in [0.717, 1.165) is 25.7 Å². The van der Waals surface area contributed by atoms with Gasteiger partial charge < -0.3 is 14.9 Å². The number of halogens is 1. The van der Waals surface area contributed by atoms with Crippen molar-refractivity contribution in [2.24, 2.45) is 17.3 Å². The van der Waals surface area contributed by atoms with Crippen molar-refractivity contribution in [1.82, 2.24) is 0 Å². The molecule has 30 heavy (non-hydrogen) atoms. The van der Waals surface area contributed by atoms with Gasteiger partial charge in [-0.2, -0.15) is 0 Å². The molecule has 0 bridgehead atoms. The van der Waals surface area contributed by atoms with E-state index in [1.165, 1.54) is 6.92 Å². The predicted octanol–water partition coefficient (Wildman–Crippen LogP) is 6.23. The van der Waals surface area contributed by atoms with Gasteiger partial charge in [0.15, 0.2) is 5.78 Å². The Morgan fingerprint density at radius 3 is 2.13 bits per heavy atom. The van der Waals surface area contributed by atoms with Gasteiger partial charge in [-0.1, -0.05) is 38.3 Å². The van der Waals surface area contributed by atoms with Crippen molar-refractivity contribution in [3.8, 4) is 11.5 Å². The molecule has 0 amide bonds. The smallest absolute Gasteiger partial charge is 0.311 e. The molecule has 0 radical (unpaired) electrons. The first-order valence-corrected chi connectivity index (χ1v) is 11.1. The molecule has 0 spiro atoms. The van der Waals surface area contributed by atoms with Crippen LogP contribution in [0.4, 0.5) is 0 Å². The number of esters is 1. The van der Waals surface area contributed by atoms with Crippen molar-refractivity contribution in [3.63, 3.8) is 0 Å². The molecule has 0 aliphatic heterocycles. The second-order valence-corrected chi connectivity index (χ2v) is 9.95. The summed E-state index contributed by atoms with van der Waals surface area (Å²) in [6, 6.07) is 0. The minimum Gasteiger partial charge on any atom is -0.507 e. The number of Topliss-reactive ketones (excluding diaryl/α,β-unsaturated/α-hetero) is 1. The highest BCUT2D eigenvalue weighted by Crippen LogP contribution is 2.41. The summed E-state index contributed by atoms with van der Waals surface area (Å²) in [6.07, 6.45) is 4.14. The van der Waals surface area contributed by atoms with Crippen molar-refractivity contribution in [2.75, 3.05) is 6.61 Å². The lowest BCUT2D eigenvalue weighted by Crippen LogP contribution is -2.25. The lowest BCUT2D eigenvalue weighted by Gasteiger charge is -2.20. The van der Waals surface area contributed by atoms with E-state index >= 15 is 0 Å². The Morgan fingerprint density at radius 1 is 1.03 bits per heavy atom. The minimum absolute atomic E-state index is 0.124. The Kier molecular flexibility index (Phi) is 9.67. The van der Waals surface area contributed by atoms with Crippen LogP contribution in [0, 0.1) is 24.2 Å². The third kappa shape index (κ3) is 7.19. The number of carbonyl (C=O) groups excluding carboxylic acids is 2. The monoisotopic (exact) mass is 440 g/mol. The summed E-state index contributed by atoms with van der Waals surface area (Å²) in [6.45, 7) is 13.2. The molecule has 2 unspecified atom stereocenters. The van der Waals surface area contributed by atoms with E-state index in [2.05, 4.69) is 13.8 Å². The van der Waals surface area contributed by atoms with E-state index < -0.39 is 5.41 Å². The van der Waals surface area contributed by atoms with Gasteiger partial charge in [0.05, 0.1) is 22.6 Å².